The number of nitrogen functional groups attached to an aromatic ring is 1. The molecule has 0 amide bonds. The molecule has 0 fully saturated rings. The second-order valence-corrected chi connectivity index (χ2v) is 7.03. The lowest BCUT2D eigenvalue weighted by Gasteiger charge is -2.23. The van der Waals surface area contributed by atoms with Crippen molar-refractivity contribution >= 4 is 15.7 Å². The highest BCUT2D eigenvalue weighted by molar-refractivity contribution is 7.89. The summed E-state index contributed by atoms with van der Waals surface area (Å²) in [5, 5.41) is 0. The minimum atomic E-state index is -3.52. The predicted octanol–water partition coefficient (Wildman–Crippen LogP) is 1.76. The summed E-state index contributed by atoms with van der Waals surface area (Å²) in [6.07, 6.45) is 0.660. The van der Waals surface area contributed by atoms with Crippen LogP contribution in [0.5, 0.6) is 5.75 Å². The van der Waals surface area contributed by atoms with Crippen molar-refractivity contribution in [1.29, 1.82) is 0 Å². The highest BCUT2D eigenvalue weighted by Gasteiger charge is 2.18. The van der Waals surface area contributed by atoms with Crippen molar-refractivity contribution in [3.63, 3.8) is 0 Å². The van der Waals surface area contributed by atoms with Gasteiger partial charge in [-0.1, -0.05) is 6.92 Å². The third-order valence-electron chi connectivity index (χ3n) is 3.14. The Morgan fingerprint density at radius 3 is 2.57 bits per heavy atom. The molecular weight excluding hydrogens is 292 g/mol. The number of anilines is 1. The van der Waals surface area contributed by atoms with E-state index in [1.54, 1.807) is 14.0 Å². The standard InChI is InChI=1S/C14H24N2O4S/c1-5-16-21(17,18)11-6-7-12(15)13(10-11)20-9-8-14(2,3)19-4/h6-7,10,16H,5,8-9,15H2,1-4H3. The van der Waals surface area contributed by atoms with Crippen molar-refractivity contribution in [2.24, 2.45) is 0 Å². The Balaban J connectivity index is 2.84. The van der Waals surface area contributed by atoms with Gasteiger partial charge in [0, 0.05) is 26.1 Å². The van der Waals surface area contributed by atoms with Crippen LogP contribution in [0.1, 0.15) is 27.2 Å². The lowest BCUT2D eigenvalue weighted by atomic mass is 10.1. The number of hydrogen-bond acceptors (Lipinski definition) is 5. The normalized spacial score (nSPS) is 12.4. The van der Waals surface area contributed by atoms with Crippen molar-refractivity contribution in [2.75, 3.05) is 26.0 Å². The second-order valence-electron chi connectivity index (χ2n) is 5.26. The molecule has 21 heavy (non-hydrogen) atoms. The molecule has 0 aliphatic carbocycles. The van der Waals surface area contributed by atoms with E-state index in [4.69, 9.17) is 15.2 Å². The van der Waals surface area contributed by atoms with Crippen LogP contribution in [0.25, 0.3) is 0 Å². The number of benzene rings is 1. The number of sulfonamides is 1. The molecule has 0 heterocycles. The van der Waals surface area contributed by atoms with Gasteiger partial charge in [-0.2, -0.15) is 0 Å². The van der Waals surface area contributed by atoms with Crippen LogP contribution in [0.4, 0.5) is 5.69 Å². The SMILES string of the molecule is CCNS(=O)(=O)c1ccc(N)c(OCCC(C)(C)OC)c1. The molecule has 0 aliphatic heterocycles. The van der Waals surface area contributed by atoms with Gasteiger partial charge in [-0.3, -0.25) is 0 Å². The van der Waals surface area contributed by atoms with Crippen LogP contribution in [0.15, 0.2) is 23.1 Å². The van der Waals surface area contributed by atoms with Crippen LogP contribution in [-0.4, -0.2) is 34.3 Å². The van der Waals surface area contributed by atoms with Crippen LogP contribution in [0.2, 0.25) is 0 Å². The van der Waals surface area contributed by atoms with Crippen LogP contribution in [0, 0.1) is 0 Å². The molecule has 1 rings (SSSR count). The van der Waals surface area contributed by atoms with Crippen LogP contribution >= 0.6 is 0 Å². The van der Waals surface area contributed by atoms with Crippen LogP contribution < -0.4 is 15.2 Å². The molecule has 7 heteroatoms. The fourth-order valence-electron chi connectivity index (χ4n) is 1.59. The Morgan fingerprint density at radius 2 is 2.00 bits per heavy atom. The molecule has 1 aromatic rings. The average molecular weight is 316 g/mol. The fraction of sp³-hybridized carbons (Fsp3) is 0.571. The number of rotatable bonds is 8. The van der Waals surface area contributed by atoms with Gasteiger partial charge >= 0.3 is 0 Å². The smallest absolute Gasteiger partial charge is 0.240 e. The fourth-order valence-corrected chi connectivity index (χ4v) is 2.65. The van der Waals surface area contributed by atoms with E-state index in [1.807, 2.05) is 13.8 Å². The second kappa shape index (κ2) is 7.11. The van der Waals surface area contributed by atoms with Crippen molar-refractivity contribution in [1.82, 2.24) is 4.72 Å². The molecule has 0 saturated heterocycles. The maximum absolute atomic E-state index is 11.9. The van der Waals surface area contributed by atoms with Gasteiger partial charge in [0.25, 0.3) is 0 Å². The summed E-state index contributed by atoms with van der Waals surface area (Å²) in [5.41, 5.74) is 5.92. The molecule has 0 radical (unpaired) electrons. The molecule has 0 bridgehead atoms. The van der Waals surface area contributed by atoms with Gasteiger partial charge in [-0.25, -0.2) is 13.1 Å². The van der Waals surface area contributed by atoms with E-state index in [1.165, 1.54) is 18.2 Å². The van der Waals surface area contributed by atoms with E-state index in [2.05, 4.69) is 4.72 Å². The number of methoxy groups -OCH3 is 1. The lowest BCUT2D eigenvalue weighted by Crippen LogP contribution is -2.25. The quantitative estimate of drug-likeness (QED) is 0.713. The largest absolute Gasteiger partial charge is 0.491 e. The first-order valence-electron chi connectivity index (χ1n) is 6.79. The summed E-state index contributed by atoms with van der Waals surface area (Å²) >= 11 is 0. The van der Waals surface area contributed by atoms with Gasteiger partial charge in [0.05, 0.1) is 22.8 Å². The Kier molecular flexibility index (Phi) is 6.00. The maximum atomic E-state index is 11.9. The molecule has 3 N–H and O–H groups in total. The zero-order chi connectivity index (χ0) is 16.1. The zero-order valence-corrected chi connectivity index (χ0v) is 13.8. The highest BCUT2D eigenvalue weighted by atomic mass is 32.2. The monoisotopic (exact) mass is 316 g/mol. The molecule has 0 aliphatic rings. The zero-order valence-electron chi connectivity index (χ0n) is 13.0. The molecule has 0 atom stereocenters. The summed E-state index contributed by atoms with van der Waals surface area (Å²) in [6, 6.07) is 4.42. The summed E-state index contributed by atoms with van der Waals surface area (Å²) in [4.78, 5) is 0.138. The minimum absolute atomic E-state index is 0.138. The predicted molar refractivity (Wildman–Crippen MR) is 82.9 cm³/mol. The van der Waals surface area contributed by atoms with Gasteiger partial charge in [0.1, 0.15) is 5.75 Å². The lowest BCUT2D eigenvalue weighted by molar-refractivity contribution is 0.00549. The Bertz CT molecular complexity index is 570. The first-order chi connectivity index (χ1) is 9.72. The minimum Gasteiger partial charge on any atom is -0.491 e. The third-order valence-corrected chi connectivity index (χ3v) is 4.69. The van der Waals surface area contributed by atoms with E-state index in [9.17, 15) is 8.42 Å². The van der Waals surface area contributed by atoms with Gasteiger partial charge < -0.3 is 15.2 Å². The summed E-state index contributed by atoms with van der Waals surface area (Å²) in [7, 11) is -1.88. The molecular formula is C14H24N2O4S. The van der Waals surface area contributed by atoms with Gasteiger partial charge in [0.2, 0.25) is 10.0 Å². The van der Waals surface area contributed by atoms with Gasteiger partial charge in [-0.15, -0.1) is 0 Å². The Morgan fingerprint density at radius 1 is 1.33 bits per heavy atom. The number of ether oxygens (including phenoxy) is 2. The van der Waals surface area contributed by atoms with Gasteiger partial charge in [0.15, 0.2) is 0 Å². The molecule has 0 saturated carbocycles. The number of hydrogen-bond donors (Lipinski definition) is 2. The van der Waals surface area contributed by atoms with Crippen molar-refractivity contribution in [3.8, 4) is 5.75 Å². The summed E-state index contributed by atoms with van der Waals surface area (Å²) in [5.74, 6) is 0.362. The average Bonchev–Trinajstić information content (AvgIpc) is 2.40. The Hall–Kier alpha value is -1.31. The molecule has 0 aromatic heterocycles. The van der Waals surface area contributed by atoms with Crippen LogP contribution in [-0.2, 0) is 14.8 Å². The maximum Gasteiger partial charge on any atom is 0.240 e. The molecule has 6 nitrogen and oxygen atoms in total. The van der Waals surface area contributed by atoms with E-state index < -0.39 is 10.0 Å². The van der Waals surface area contributed by atoms with E-state index >= 15 is 0 Å². The van der Waals surface area contributed by atoms with Crippen molar-refractivity contribution in [2.45, 2.75) is 37.7 Å². The molecule has 0 unspecified atom stereocenters. The topological polar surface area (TPSA) is 90.7 Å². The number of nitrogens with one attached hydrogen (secondary N) is 1. The summed E-state index contributed by atoms with van der Waals surface area (Å²) < 4.78 is 37.2. The first kappa shape index (κ1) is 17.7. The first-order valence-corrected chi connectivity index (χ1v) is 8.27. The van der Waals surface area contributed by atoms with Crippen LogP contribution in [0.3, 0.4) is 0 Å². The van der Waals surface area contributed by atoms with E-state index in [0.29, 0.717) is 31.0 Å². The molecule has 0 spiro atoms. The molecule has 1 aromatic carbocycles. The van der Waals surface area contributed by atoms with E-state index in [-0.39, 0.29) is 10.5 Å². The third kappa shape index (κ3) is 5.18. The summed E-state index contributed by atoms with van der Waals surface area (Å²) in [6.45, 7) is 6.33. The van der Waals surface area contributed by atoms with Crippen molar-refractivity contribution in [3.05, 3.63) is 18.2 Å². The van der Waals surface area contributed by atoms with Crippen molar-refractivity contribution < 1.29 is 17.9 Å². The number of nitrogens with two attached hydrogens (primary N) is 1. The Labute approximate surface area is 126 Å². The van der Waals surface area contributed by atoms with Gasteiger partial charge in [-0.05, 0) is 26.0 Å². The highest BCUT2D eigenvalue weighted by Crippen LogP contribution is 2.26. The van der Waals surface area contributed by atoms with E-state index in [0.717, 1.165) is 0 Å². The molecule has 120 valence electrons.